The number of hydrogen-bond donors (Lipinski definition) is 0. The normalized spacial score (nSPS) is 12.3. The van der Waals surface area contributed by atoms with Crippen LogP contribution < -0.4 is 0 Å². The SMILES string of the molecule is CC(C)(C)Cc1ccc2nc(-c3[c-]cc(F)cc3)n3c2c1CCC3.Cc1c[c-]c(-c2ccc(C)cn2)cc1.Cc1ccc2c(n1)oc1c(-c3cc(CC(C)(C)C)ccn3)[c-]ccc12.[Ir+3]. The third kappa shape index (κ3) is 10.7. The van der Waals surface area contributed by atoms with E-state index in [4.69, 9.17) is 9.40 Å². The molecule has 0 saturated carbocycles. The zero-order chi connectivity index (χ0) is 44.5. The second-order valence-electron chi connectivity index (χ2n) is 19.2. The molecule has 0 aliphatic carbocycles. The fourth-order valence-corrected chi connectivity index (χ4v) is 8.26. The number of aromatic nitrogens is 5. The van der Waals surface area contributed by atoms with Gasteiger partial charge in [0.25, 0.3) is 0 Å². The molecular weight excluding hydrogens is 970 g/mol. The second-order valence-corrected chi connectivity index (χ2v) is 19.2. The Morgan fingerprint density at radius 2 is 1.48 bits per heavy atom. The Hall–Kier alpha value is -5.82. The van der Waals surface area contributed by atoms with Crippen molar-refractivity contribution in [3.05, 3.63) is 167 Å². The van der Waals surface area contributed by atoms with Gasteiger partial charge in [-0.2, -0.15) is 0 Å². The molecule has 0 unspecified atom stereocenters. The summed E-state index contributed by atoms with van der Waals surface area (Å²) in [5, 5.41) is 2.08. The van der Waals surface area contributed by atoms with Gasteiger partial charge in [-0.1, -0.05) is 89.2 Å². The van der Waals surface area contributed by atoms with Gasteiger partial charge >= 0.3 is 20.1 Å². The number of rotatable bonds is 5. The Balaban J connectivity index is 0.000000148. The Morgan fingerprint density at radius 1 is 0.719 bits per heavy atom. The van der Waals surface area contributed by atoms with Crippen molar-refractivity contribution < 1.29 is 28.9 Å². The molecule has 0 N–H and O–H groups in total. The summed E-state index contributed by atoms with van der Waals surface area (Å²) in [6, 6.07) is 41.0. The maximum absolute atomic E-state index is 13.2. The molecule has 0 fully saturated rings. The maximum Gasteiger partial charge on any atom is 3.00 e. The summed E-state index contributed by atoms with van der Waals surface area (Å²) < 4.78 is 21.6. The third-order valence-electron chi connectivity index (χ3n) is 11.1. The summed E-state index contributed by atoms with van der Waals surface area (Å²) in [6.45, 7) is 20.6. The van der Waals surface area contributed by atoms with Crippen LogP contribution in [0.5, 0.6) is 0 Å². The summed E-state index contributed by atoms with van der Waals surface area (Å²) in [5.74, 6) is 0.639. The molecule has 1 aliphatic rings. The van der Waals surface area contributed by atoms with Gasteiger partial charge in [0.15, 0.2) is 0 Å². The molecule has 0 amide bonds. The van der Waals surface area contributed by atoms with E-state index in [2.05, 4.69) is 129 Å². The van der Waals surface area contributed by atoms with Crippen molar-refractivity contribution in [2.24, 2.45) is 10.8 Å². The molecular formula is C56H55FIrN5O. The van der Waals surface area contributed by atoms with Gasteiger partial charge in [-0.15, -0.1) is 83.4 Å². The first kappa shape index (κ1) is 46.2. The summed E-state index contributed by atoms with van der Waals surface area (Å²) >= 11 is 0. The minimum Gasteiger partial charge on any atom is -0.486 e. The first-order valence-electron chi connectivity index (χ1n) is 21.8. The van der Waals surface area contributed by atoms with Gasteiger partial charge < -0.3 is 19.0 Å². The fourth-order valence-electron chi connectivity index (χ4n) is 8.26. The van der Waals surface area contributed by atoms with Crippen molar-refractivity contribution >= 4 is 33.1 Å². The van der Waals surface area contributed by atoms with E-state index < -0.39 is 0 Å². The third-order valence-corrected chi connectivity index (χ3v) is 11.1. The predicted octanol–water partition coefficient (Wildman–Crippen LogP) is 14.1. The van der Waals surface area contributed by atoms with Crippen molar-refractivity contribution in [2.45, 2.75) is 94.5 Å². The number of halogens is 1. The summed E-state index contributed by atoms with van der Waals surface area (Å²) in [4.78, 5) is 18.3. The minimum absolute atomic E-state index is 0. The van der Waals surface area contributed by atoms with Crippen LogP contribution in [-0.4, -0.2) is 24.5 Å². The number of imidazole rings is 1. The van der Waals surface area contributed by atoms with Crippen LogP contribution in [0.1, 0.15) is 81.5 Å². The number of fused-ring (bicyclic) bond motifs is 3. The largest absolute Gasteiger partial charge is 3.00 e. The van der Waals surface area contributed by atoms with Crippen LogP contribution in [-0.2, 0) is 45.9 Å². The Bertz CT molecular complexity index is 2980. The summed E-state index contributed by atoms with van der Waals surface area (Å²) in [7, 11) is 0. The van der Waals surface area contributed by atoms with Crippen LogP contribution in [0, 0.1) is 55.6 Å². The van der Waals surface area contributed by atoms with E-state index in [-0.39, 0.29) is 36.8 Å². The van der Waals surface area contributed by atoms with Crippen molar-refractivity contribution in [1.29, 1.82) is 0 Å². The molecule has 9 aromatic rings. The molecule has 326 valence electrons. The van der Waals surface area contributed by atoms with E-state index in [9.17, 15) is 4.39 Å². The van der Waals surface area contributed by atoms with E-state index in [0.29, 0.717) is 5.71 Å². The Morgan fingerprint density at radius 3 is 2.19 bits per heavy atom. The molecule has 0 saturated heterocycles. The van der Waals surface area contributed by atoms with Crippen molar-refractivity contribution in [3.8, 4) is 33.9 Å². The standard InChI is InChI=1S/C22H21N2O.C21H22FN2.C13H12N.Ir/c1-14-8-9-17-16-6-5-7-18(20(16)25-21(17)24-14)19-12-15(10-11-23-19)13-22(2,3)4;1-21(2,3)13-15-8-11-18-19-17(15)5-4-12-24(19)20(23-18)14-6-9-16(22)10-7-14;1-10-3-6-12(7-4-10)13-8-5-11(2)9-14-13;/h5-6,8-12H,13H2,1-4H3;6,8-11H,4-5,12-13H2,1-3H3;3-6,8-9H,1-2H3;/q3*-1;+3. The zero-order valence-corrected chi connectivity index (χ0v) is 40.7. The molecule has 0 radical (unpaired) electrons. The molecule has 6 nitrogen and oxygen atoms in total. The van der Waals surface area contributed by atoms with Gasteiger partial charge in [0.2, 0.25) is 5.71 Å². The van der Waals surface area contributed by atoms with E-state index >= 15 is 0 Å². The molecule has 0 atom stereocenters. The molecule has 64 heavy (non-hydrogen) atoms. The maximum atomic E-state index is 13.2. The van der Waals surface area contributed by atoms with Crippen LogP contribution in [0.25, 0.3) is 67.0 Å². The number of furan rings is 1. The van der Waals surface area contributed by atoms with Gasteiger partial charge in [0, 0.05) is 35.8 Å². The van der Waals surface area contributed by atoms with Crippen LogP contribution in [0.2, 0.25) is 0 Å². The average Bonchev–Trinajstić information content (AvgIpc) is 3.81. The second kappa shape index (κ2) is 19.1. The number of nitrogens with zero attached hydrogens (tertiary/aromatic N) is 5. The Kier molecular flexibility index (Phi) is 13.8. The number of pyridine rings is 3. The summed E-state index contributed by atoms with van der Waals surface area (Å²) in [6.07, 6.45) is 8.05. The average molecular weight is 1030 g/mol. The van der Waals surface area contributed by atoms with Crippen LogP contribution in [0.3, 0.4) is 0 Å². The van der Waals surface area contributed by atoms with Gasteiger partial charge in [0.05, 0.1) is 22.4 Å². The smallest absolute Gasteiger partial charge is 0.486 e. The van der Waals surface area contributed by atoms with Gasteiger partial charge in [-0.05, 0) is 103 Å². The van der Waals surface area contributed by atoms with Crippen molar-refractivity contribution in [2.75, 3.05) is 0 Å². The molecule has 1 aliphatic heterocycles. The van der Waals surface area contributed by atoms with E-state index in [1.54, 1.807) is 6.07 Å². The Labute approximate surface area is 390 Å². The first-order chi connectivity index (χ1) is 30.1. The van der Waals surface area contributed by atoms with E-state index in [1.807, 2.05) is 62.6 Å². The van der Waals surface area contributed by atoms with E-state index in [1.165, 1.54) is 45.5 Å². The predicted molar refractivity (Wildman–Crippen MR) is 255 cm³/mol. The molecule has 10 rings (SSSR count). The van der Waals surface area contributed by atoms with Gasteiger partial charge in [-0.25, -0.2) is 4.98 Å². The quantitative estimate of drug-likeness (QED) is 0.161. The van der Waals surface area contributed by atoms with Crippen LogP contribution >= 0.6 is 0 Å². The molecule has 8 heteroatoms. The minimum atomic E-state index is -0.262. The number of benzene rings is 4. The molecule has 0 bridgehead atoms. The first-order valence-corrected chi connectivity index (χ1v) is 21.8. The van der Waals surface area contributed by atoms with Crippen LogP contribution in [0.15, 0.2) is 114 Å². The zero-order valence-electron chi connectivity index (χ0n) is 38.3. The van der Waals surface area contributed by atoms with Crippen molar-refractivity contribution in [1.82, 2.24) is 24.5 Å². The van der Waals surface area contributed by atoms with Gasteiger partial charge in [-0.3, -0.25) is 9.37 Å². The number of aryl methyl sites for hydroxylation is 5. The van der Waals surface area contributed by atoms with Gasteiger partial charge in [0.1, 0.15) is 0 Å². The molecule has 0 spiro atoms. The number of hydrogen-bond acceptors (Lipinski definition) is 5. The van der Waals surface area contributed by atoms with Crippen molar-refractivity contribution in [3.63, 3.8) is 0 Å². The topological polar surface area (TPSA) is 69.6 Å². The molecule has 4 aromatic carbocycles. The molecule has 5 aromatic heterocycles. The summed E-state index contributed by atoms with van der Waals surface area (Å²) in [5.41, 5.74) is 16.4. The van der Waals surface area contributed by atoms with Crippen LogP contribution in [0.4, 0.5) is 4.39 Å². The fraction of sp³-hybridized carbons (Fsp3) is 0.286. The van der Waals surface area contributed by atoms with E-state index in [0.717, 1.165) is 93.7 Å². The molecule has 6 heterocycles. The monoisotopic (exact) mass is 1030 g/mol.